The molecule has 0 radical (unpaired) electrons. The van der Waals surface area contributed by atoms with Crippen LogP contribution >= 0.6 is 0 Å². The molecule has 82 valence electrons. The minimum Gasteiger partial charge on any atom is -0.456 e. The van der Waals surface area contributed by atoms with Crippen molar-refractivity contribution in [1.82, 2.24) is 0 Å². The van der Waals surface area contributed by atoms with Crippen LogP contribution in [0, 0.1) is 12.3 Å². The van der Waals surface area contributed by atoms with Crippen LogP contribution < -0.4 is 10.4 Å². The van der Waals surface area contributed by atoms with Gasteiger partial charge in [-0.2, -0.15) is 0 Å². The molecule has 0 saturated carbocycles. The summed E-state index contributed by atoms with van der Waals surface area (Å²) in [5.74, 6) is 2.76. The molecule has 0 fully saturated rings. The maximum atomic E-state index is 6.03. The first-order chi connectivity index (χ1) is 8.22. The van der Waals surface area contributed by atoms with Gasteiger partial charge in [0.2, 0.25) is 0 Å². The van der Waals surface area contributed by atoms with Crippen LogP contribution in [0.2, 0.25) is 0 Å². The number of furan rings is 1. The molecule has 2 aromatic carbocycles. The fraction of sp³-hybridized carbons (Fsp3) is 0. The molecule has 0 spiro atoms. The molecule has 3 rings (SSSR count). The van der Waals surface area contributed by atoms with E-state index in [-0.39, 0.29) is 0 Å². The van der Waals surface area contributed by atoms with Gasteiger partial charge in [0, 0.05) is 36.8 Å². The van der Waals surface area contributed by atoms with Crippen molar-refractivity contribution < 1.29 is 4.42 Å². The summed E-state index contributed by atoms with van der Waals surface area (Å²) in [6.45, 7) is 0. The van der Waals surface area contributed by atoms with Crippen molar-refractivity contribution in [3.63, 3.8) is 0 Å². The monoisotopic (exact) mass is 252 g/mol. The Hall–Kier alpha value is -1.77. The van der Waals surface area contributed by atoms with Gasteiger partial charge in [-0.05, 0) is 16.4 Å². The first-order valence-electron chi connectivity index (χ1n) is 5.60. The molecule has 3 heteroatoms. The van der Waals surface area contributed by atoms with Crippen LogP contribution in [0.4, 0.5) is 0 Å². The Kier molecular flexibility index (Phi) is 2.21. The van der Waals surface area contributed by atoms with Crippen molar-refractivity contribution >= 4 is 52.8 Å². The summed E-state index contributed by atoms with van der Waals surface area (Å²) in [6.07, 6.45) is 5.58. The summed E-state index contributed by atoms with van der Waals surface area (Å²) in [4.78, 5) is 0. The van der Waals surface area contributed by atoms with Gasteiger partial charge in [-0.25, -0.2) is 0 Å². The highest BCUT2D eigenvalue weighted by Crippen LogP contribution is 2.28. The van der Waals surface area contributed by atoms with E-state index < -0.39 is 0 Å². The van der Waals surface area contributed by atoms with E-state index in [1.165, 1.54) is 10.4 Å². The Morgan fingerprint density at radius 3 is 2.53 bits per heavy atom. The van der Waals surface area contributed by atoms with E-state index in [0.717, 1.165) is 48.0 Å². The molecule has 1 heterocycles. The van der Waals surface area contributed by atoms with Crippen LogP contribution in [0.1, 0.15) is 5.56 Å². The van der Waals surface area contributed by atoms with E-state index in [0.29, 0.717) is 0 Å². The molecule has 0 aliphatic rings. The number of fused-ring (bicyclic) bond motifs is 3. The second-order valence-electron chi connectivity index (χ2n) is 4.33. The number of benzene rings is 2. The standard InChI is InChI=1S/C14H12OSi2/c1-2-8-6-7-11(17)14-12(8)9-4-3-5-10(16)13(9)15-14/h1,3-7H,16-17H3. The lowest BCUT2D eigenvalue weighted by Crippen LogP contribution is -2.02. The van der Waals surface area contributed by atoms with Crippen molar-refractivity contribution in [2.24, 2.45) is 0 Å². The Morgan fingerprint density at radius 2 is 1.76 bits per heavy atom. The van der Waals surface area contributed by atoms with Crippen molar-refractivity contribution in [2.75, 3.05) is 0 Å². The molecule has 17 heavy (non-hydrogen) atoms. The molecule has 1 nitrogen and oxygen atoms in total. The van der Waals surface area contributed by atoms with Gasteiger partial charge in [-0.1, -0.05) is 30.2 Å². The Balaban J connectivity index is 2.66. The van der Waals surface area contributed by atoms with E-state index in [1.54, 1.807) is 0 Å². The molecule has 0 unspecified atom stereocenters. The van der Waals surface area contributed by atoms with Gasteiger partial charge in [0.1, 0.15) is 11.2 Å². The van der Waals surface area contributed by atoms with Gasteiger partial charge in [-0.3, -0.25) is 0 Å². The lowest BCUT2D eigenvalue weighted by atomic mass is 10.1. The number of rotatable bonds is 0. The van der Waals surface area contributed by atoms with Crippen LogP contribution in [-0.2, 0) is 0 Å². The van der Waals surface area contributed by atoms with Crippen LogP contribution in [0.25, 0.3) is 21.9 Å². The first-order valence-corrected chi connectivity index (χ1v) is 7.60. The maximum Gasteiger partial charge on any atom is 0.134 e. The third kappa shape index (κ3) is 1.38. The van der Waals surface area contributed by atoms with Gasteiger partial charge in [0.05, 0.1) is 0 Å². The molecule has 0 saturated heterocycles. The molecule has 0 aliphatic carbocycles. The van der Waals surface area contributed by atoms with E-state index >= 15 is 0 Å². The highest BCUT2D eigenvalue weighted by Gasteiger charge is 2.12. The molecular weight excluding hydrogens is 240 g/mol. The molecule has 3 aromatic rings. The van der Waals surface area contributed by atoms with Crippen molar-refractivity contribution in [3.05, 3.63) is 35.9 Å². The fourth-order valence-corrected chi connectivity index (χ4v) is 3.38. The zero-order valence-corrected chi connectivity index (χ0v) is 13.9. The minimum atomic E-state index is 0.936. The summed E-state index contributed by atoms with van der Waals surface area (Å²) in [5.41, 5.74) is 2.95. The summed E-state index contributed by atoms with van der Waals surface area (Å²) < 4.78 is 6.03. The van der Waals surface area contributed by atoms with Crippen LogP contribution in [0.3, 0.4) is 0 Å². The van der Waals surface area contributed by atoms with E-state index in [2.05, 4.69) is 30.2 Å². The predicted octanol–water partition coefficient (Wildman–Crippen LogP) is -0.451. The van der Waals surface area contributed by atoms with Crippen molar-refractivity contribution in [3.8, 4) is 12.3 Å². The molecular formula is C14H12OSi2. The largest absolute Gasteiger partial charge is 0.456 e. The van der Waals surface area contributed by atoms with Crippen LogP contribution in [0.15, 0.2) is 34.7 Å². The smallest absolute Gasteiger partial charge is 0.134 e. The Bertz CT molecular complexity index is 778. The summed E-state index contributed by atoms with van der Waals surface area (Å²) in [7, 11) is 1.96. The predicted molar refractivity (Wildman–Crippen MR) is 80.8 cm³/mol. The fourth-order valence-electron chi connectivity index (χ4n) is 2.29. The van der Waals surface area contributed by atoms with Crippen LogP contribution in [-0.4, -0.2) is 20.5 Å². The second kappa shape index (κ2) is 3.62. The molecule has 0 atom stereocenters. The highest BCUT2D eigenvalue weighted by atomic mass is 28.1. The topological polar surface area (TPSA) is 13.1 Å². The highest BCUT2D eigenvalue weighted by molar-refractivity contribution is 6.42. The van der Waals surface area contributed by atoms with Crippen molar-refractivity contribution in [2.45, 2.75) is 0 Å². The van der Waals surface area contributed by atoms with Gasteiger partial charge >= 0.3 is 0 Å². The summed E-state index contributed by atoms with van der Waals surface area (Å²) >= 11 is 0. The number of hydrogen-bond donors (Lipinski definition) is 0. The Morgan fingerprint density at radius 1 is 1.00 bits per heavy atom. The van der Waals surface area contributed by atoms with E-state index in [4.69, 9.17) is 10.8 Å². The summed E-state index contributed by atoms with van der Waals surface area (Å²) in [6, 6.07) is 10.4. The third-order valence-corrected chi connectivity index (χ3v) is 4.77. The lowest BCUT2D eigenvalue weighted by molar-refractivity contribution is 0.674. The van der Waals surface area contributed by atoms with Gasteiger partial charge in [0.25, 0.3) is 0 Å². The second-order valence-corrected chi connectivity index (χ2v) is 6.49. The first kappa shape index (κ1) is 10.4. The number of terminal acetylenes is 1. The summed E-state index contributed by atoms with van der Waals surface area (Å²) in [5, 5.41) is 4.85. The maximum absolute atomic E-state index is 6.03. The van der Waals surface area contributed by atoms with Gasteiger partial charge in [-0.15, -0.1) is 6.42 Å². The molecule has 0 amide bonds. The average molecular weight is 252 g/mol. The SMILES string of the molecule is C#Cc1ccc([SiH3])c2oc3c([SiH3])cccc3c12. The zero-order chi connectivity index (χ0) is 12.0. The van der Waals surface area contributed by atoms with Gasteiger partial charge < -0.3 is 4.42 Å². The molecule has 0 bridgehead atoms. The third-order valence-electron chi connectivity index (χ3n) is 3.20. The average Bonchev–Trinajstić information content (AvgIpc) is 2.72. The minimum absolute atomic E-state index is 0.936. The quantitative estimate of drug-likeness (QED) is 0.390. The molecule has 0 N–H and O–H groups in total. The van der Waals surface area contributed by atoms with E-state index in [9.17, 15) is 0 Å². The van der Waals surface area contributed by atoms with Gasteiger partial charge in [0.15, 0.2) is 0 Å². The molecule has 1 aromatic heterocycles. The lowest BCUT2D eigenvalue weighted by Gasteiger charge is -1.97. The Labute approximate surface area is 106 Å². The van der Waals surface area contributed by atoms with E-state index in [1.807, 2.05) is 6.07 Å². The van der Waals surface area contributed by atoms with Crippen molar-refractivity contribution in [1.29, 1.82) is 0 Å². The number of hydrogen-bond acceptors (Lipinski definition) is 1. The van der Waals surface area contributed by atoms with Crippen LogP contribution in [0.5, 0.6) is 0 Å². The molecule has 0 aliphatic heterocycles. The number of para-hydroxylation sites is 1. The normalized spacial score (nSPS) is 11.2. The zero-order valence-electron chi connectivity index (χ0n) is 9.87.